The zero-order valence-electron chi connectivity index (χ0n) is 12.0. The molecule has 0 aromatic heterocycles. The summed E-state index contributed by atoms with van der Waals surface area (Å²) < 4.78 is 41.0. The molecular weight excluding hydrogens is 319 g/mol. The lowest BCUT2D eigenvalue weighted by atomic mass is 10.1. The van der Waals surface area contributed by atoms with Crippen molar-refractivity contribution in [1.29, 1.82) is 0 Å². The van der Waals surface area contributed by atoms with Crippen molar-refractivity contribution in [2.45, 2.75) is 32.0 Å². The second-order valence-corrected chi connectivity index (χ2v) is 4.62. The summed E-state index contributed by atoms with van der Waals surface area (Å²) in [6.07, 6.45) is -5.90. The summed E-state index contributed by atoms with van der Waals surface area (Å²) in [6, 6.07) is 4.15. The number of carbonyl (C=O) groups excluding carboxylic acids is 2. The molecule has 1 aromatic rings. The maximum absolute atomic E-state index is 12.2. The highest BCUT2D eigenvalue weighted by Crippen LogP contribution is 2.30. The molecule has 1 saturated heterocycles. The van der Waals surface area contributed by atoms with Gasteiger partial charge in [-0.05, 0) is 24.6 Å². The molecule has 23 heavy (non-hydrogen) atoms. The SMILES string of the molecule is CC(OC(=O)O)c1ccc(C(F)(F)F)cc1.O=C1CCC(=O)N1. The maximum Gasteiger partial charge on any atom is 0.506 e. The number of hydrogen-bond acceptors (Lipinski definition) is 4. The van der Waals surface area contributed by atoms with E-state index in [-0.39, 0.29) is 11.8 Å². The van der Waals surface area contributed by atoms with E-state index in [4.69, 9.17) is 5.11 Å². The number of rotatable bonds is 2. The lowest BCUT2D eigenvalue weighted by Crippen LogP contribution is -2.18. The van der Waals surface area contributed by atoms with Crippen LogP contribution < -0.4 is 5.32 Å². The van der Waals surface area contributed by atoms with Crippen LogP contribution in [0.3, 0.4) is 0 Å². The molecule has 0 spiro atoms. The van der Waals surface area contributed by atoms with E-state index in [1.165, 1.54) is 19.1 Å². The van der Waals surface area contributed by atoms with Crippen molar-refractivity contribution < 1.29 is 37.4 Å². The largest absolute Gasteiger partial charge is 0.506 e. The fraction of sp³-hybridized carbons (Fsp3) is 0.357. The first-order chi connectivity index (χ1) is 10.6. The highest BCUT2D eigenvalue weighted by atomic mass is 19.4. The first-order valence-corrected chi connectivity index (χ1v) is 6.49. The molecule has 1 aromatic carbocycles. The van der Waals surface area contributed by atoms with E-state index >= 15 is 0 Å². The highest BCUT2D eigenvalue weighted by Gasteiger charge is 2.30. The minimum atomic E-state index is -4.39. The summed E-state index contributed by atoms with van der Waals surface area (Å²) in [5, 5.41) is 10.5. The lowest BCUT2D eigenvalue weighted by molar-refractivity contribution is -0.137. The topological polar surface area (TPSA) is 92.7 Å². The summed E-state index contributed by atoms with van der Waals surface area (Å²) >= 11 is 0. The number of halogens is 3. The molecule has 126 valence electrons. The van der Waals surface area contributed by atoms with Gasteiger partial charge in [0.15, 0.2) is 0 Å². The van der Waals surface area contributed by atoms with Gasteiger partial charge in [0.1, 0.15) is 6.10 Å². The predicted molar refractivity (Wildman–Crippen MR) is 71.4 cm³/mol. The molecule has 1 aliphatic rings. The molecule has 2 N–H and O–H groups in total. The van der Waals surface area contributed by atoms with Crippen molar-refractivity contribution in [3.8, 4) is 0 Å². The molecule has 1 atom stereocenters. The van der Waals surface area contributed by atoms with Crippen molar-refractivity contribution in [2.24, 2.45) is 0 Å². The van der Waals surface area contributed by atoms with Gasteiger partial charge in [0.25, 0.3) is 0 Å². The first-order valence-electron chi connectivity index (χ1n) is 6.49. The molecule has 1 unspecified atom stereocenters. The van der Waals surface area contributed by atoms with E-state index in [9.17, 15) is 27.6 Å². The monoisotopic (exact) mass is 333 g/mol. The van der Waals surface area contributed by atoms with Crippen molar-refractivity contribution in [1.82, 2.24) is 5.32 Å². The highest BCUT2D eigenvalue weighted by molar-refractivity contribution is 6.01. The Bertz CT molecular complexity index is 569. The van der Waals surface area contributed by atoms with Crippen LogP contribution in [0, 0.1) is 0 Å². The minimum Gasteiger partial charge on any atom is -0.450 e. The van der Waals surface area contributed by atoms with E-state index in [1.807, 2.05) is 0 Å². The average Bonchev–Trinajstić information content (AvgIpc) is 2.81. The van der Waals surface area contributed by atoms with Crippen LogP contribution in [0.25, 0.3) is 0 Å². The molecule has 9 heteroatoms. The molecular formula is C14H14F3NO5. The van der Waals surface area contributed by atoms with Gasteiger partial charge in [-0.2, -0.15) is 13.2 Å². The van der Waals surface area contributed by atoms with Crippen LogP contribution in [-0.4, -0.2) is 23.1 Å². The van der Waals surface area contributed by atoms with Gasteiger partial charge < -0.3 is 9.84 Å². The molecule has 0 aliphatic carbocycles. The number of carboxylic acid groups (broad SMARTS) is 1. The van der Waals surface area contributed by atoms with E-state index in [2.05, 4.69) is 10.1 Å². The van der Waals surface area contributed by atoms with Gasteiger partial charge in [-0.25, -0.2) is 4.79 Å². The van der Waals surface area contributed by atoms with Crippen LogP contribution in [0.4, 0.5) is 18.0 Å². The van der Waals surface area contributed by atoms with Crippen LogP contribution in [0.1, 0.15) is 37.0 Å². The summed E-state index contributed by atoms with van der Waals surface area (Å²) in [6.45, 7) is 1.44. The first kappa shape index (κ1) is 18.5. The Morgan fingerprint density at radius 1 is 1.17 bits per heavy atom. The Hall–Kier alpha value is -2.58. The van der Waals surface area contributed by atoms with E-state index in [1.54, 1.807) is 0 Å². The van der Waals surface area contributed by atoms with Crippen LogP contribution in [-0.2, 0) is 20.5 Å². The summed E-state index contributed by atoms with van der Waals surface area (Å²) in [5.74, 6) is -0.296. The number of alkyl halides is 3. The quantitative estimate of drug-likeness (QED) is 0.641. The van der Waals surface area contributed by atoms with Gasteiger partial charge >= 0.3 is 12.3 Å². The number of ether oxygens (including phenoxy) is 1. The number of benzene rings is 1. The molecule has 2 rings (SSSR count). The van der Waals surface area contributed by atoms with Gasteiger partial charge in [-0.15, -0.1) is 0 Å². The summed E-state index contributed by atoms with van der Waals surface area (Å²) in [4.78, 5) is 30.5. The Balaban J connectivity index is 0.000000313. The molecule has 0 bridgehead atoms. The number of nitrogens with one attached hydrogen (secondary N) is 1. The number of hydrogen-bond donors (Lipinski definition) is 2. The van der Waals surface area contributed by atoms with Crippen LogP contribution in [0.2, 0.25) is 0 Å². The van der Waals surface area contributed by atoms with Crippen LogP contribution in [0.5, 0.6) is 0 Å². The van der Waals surface area contributed by atoms with E-state index < -0.39 is 24.0 Å². The number of amides is 2. The smallest absolute Gasteiger partial charge is 0.450 e. The average molecular weight is 333 g/mol. The molecule has 6 nitrogen and oxygen atoms in total. The number of imide groups is 1. The summed E-state index contributed by atoms with van der Waals surface area (Å²) in [7, 11) is 0. The third kappa shape index (κ3) is 6.37. The normalized spacial score (nSPS) is 15.3. The Labute approximate surface area is 129 Å². The molecule has 0 radical (unpaired) electrons. The van der Waals surface area contributed by atoms with E-state index in [0.29, 0.717) is 18.4 Å². The van der Waals surface area contributed by atoms with Crippen molar-refractivity contribution in [3.63, 3.8) is 0 Å². The predicted octanol–water partition coefficient (Wildman–Crippen LogP) is 2.88. The zero-order valence-corrected chi connectivity index (χ0v) is 12.0. The minimum absolute atomic E-state index is 0.148. The second-order valence-electron chi connectivity index (χ2n) is 4.62. The second kappa shape index (κ2) is 7.61. The zero-order chi connectivity index (χ0) is 17.6. The standard InChI is InChI=1S/C10H9F3O3.C4H5NO2/c1-6(16-9(14)15)7-2-4-8(5-3-7)10(11,12)13;6-3-1-2-4(7)5-3/h2-6H,1H3,(H,14,15);1-2H2,(H,5,6,7). The number of carbonyl (C=O) groups is 3. The third-order valence-corrected chi connectivity index (χ3v) is 2.84. The van der Waals surface area contributed by atoms with Gasteiger partial charge in [0, 0.05) is 12.8 Å². The summed E-state index contributed by atoms with van der Waals surface area (Å²) in [5.41, 5.74) is -0.408. The van der Waals surface area contributed by atoms with Crippen LogP contribution >= 0.6 is 0 Å². The Kier molecular flexibility index (Phi) is 6.11. The Morgan fingerprint density at radius 2 is 1.65 bits per heavy atom. The Morgan fingerprint density at radius 3 is 1.96 bits per heavy atom. The van der Waals surface area contributed by atoms with Crippen LogP contribution in [0.15, 0.2) is 24.3 Å². The lowest BCUT2D eigenvalue weighted by Gasteiger charge is -2.12. The third-order valence-electron chi connectivity index (χ3n) is 2.84. The molecule has 0 saturated carbocycles. The fourth-order valence-electron chi connectivity index (χ4n) is 1.67. The van der Waals surface area contributed by atoms with Gasteiger partial charge in [-0.1, -0.05) is 12.1 Å². The van der Waals surface area contributed by atoms with Gasteiger partial charge in [0.05, 0.1) is 5.56 Å². The van der Waals surface area contributed by atoms with Crippen molar-refractivity contribution in [3.05, 3.63) is 35.4 Å². The molecule has 1 fully saturated rings. The molecule has 1 heterocycles. The fourth-order valence-corrected chi connectivity index (χ4v) is 1.67. The molecule has 1 aliphatic heterocycles. The van der Waals surface area contributed by atoms with Gasteiger partial charge in [0.2, 0.25) is 11.8 Å². The van der Waals surface area contributed by atoms with Gasteiger partial charge in [-0.3, -0.25) is 14.9 Å². The van der Waals surface area contributed by atoms with Crippen molar-refractivity contribution >= 4 is 18.0 Å². The van der Waals surface area contributed by atoms with Crippen molar-refractivity contribution in [2.75, 3.05) is 0 Å². The molecule has 2 amide bonds. The maximum atomic E-state index is 12.2. The van der Waals surface area contributed by atoms with E-state index in [0.717, 1.165) is 12.1 Å².